The lowest BCUT2D eigenvalue weighted by Crippen LogP contribution is -2.36. The topological polar surface area (TPSA) is 43.4 Å². The standard InChI is InChI=1S/C11H16O3/c1-2-14-10(13)8-4-3-5-11(6-7-11)9(8)12/h8H,2-7H2,1H3. The van der Waals surface area contributed by atoms with Gasteiger partial charge in [-0.15, -0.1) is 0 Å². The van der Waals surface area contributed by atoms with Crippen LogP contribution in [-0.2, 0) is 14.3 Å². The molecule has 1 spiro atoms. The van der Waals surface area contributed by atoms with Crippen molar-refractivity contribution in [2.24, 2.45) is 11.3 Å². The first-order chi connectivity index (χ1) is 6.69. The van der Waals surface area contributed by atoms with Crippen LogP contribution in [0.2, 0.25) is 0 Å². The summed E-state index contributed by atoms with van der Waals surface area (Å²) in [6.07, 6.45) is 4.65. The molecule has 78 valence electrons. The molecule has 2 rings (SSSR count). The van der Waals surface area contributed by atoms with Crippen LogP contribution in [0.3, 0.4) is 0 Å². The van der Waals surface area contributed by atoms with Crippen LogP contribution in [0.4, 0.5) is 0 Å². The van der Waals surface area contributed by atoms with Gasteiger partial charge in [0, 0.05) is 5.41 Å². The molecular weight excluding hydrogens is 180 g/mol. The first kappa shape index (κ1) is 9.69. The minimum absolute atomic E-state index is 0.102. The van der Waals surface area contributed by atoms with Gasteiger partial charge in [-0.2, -0.15) is 0 Å². The first-order valence-electron chi connectivity index (χ1n) is 5.40. The Labute approximate surface area is 83.8 Å². The molecule has 0 heterocycles. The molecule has 0 aromatic heterocycles. The fraction of sp³-hybridized carbons (Fsp3) is 0.818. The molecule has 0 aliphatic heterocycles. The van der Waals surface area contributed by atoms with E-state index in [2.05, 4.69) is 0 Å². The van der Waals surface area contributed by atoms with Gasteiger partial charge < -0.3 is 4.74 Å². The van der Waals surface area contributed by atoms with Crippen molar-refractivity contribution in [2.75, 3.05) is 6.61 Å². The van der Waals surface area contributed by atoms with Crippen LogP contribution >= 0.6 is 0 Å². The van der Waals surface area contributed by atoms with Crippen molar-refractivity contribution < 1.29 is 14.3 Å². The molecule has 2 aliphatic carbocycles. The van der Waals surface area contributed by atoms with E-state index in [9.17, 15) is 9.59 Å². The predicted octanol–water partition coefficient (Wildman–Crippen LogP) is 1.70. The smallest absolute Gasteiger partial charge is 0.316 e. The van der Waals surface area contributed by atoms with Crippen molar-refractivity contribution in [3.8, 4) is 0 Å². The fourth-order valence-electron chi connectivity index (χ4n) is 2.38. The Balaban J connectivity index is 2.04. The quantitative estimate of drug-likeness (QED) is 0.498. The van der Waals surface area contributed by atoms with Crippen molar-refractivity contribution in [1.82, 2.24) is 0 Å². The Kier molecular flexibility index (Phi) is 2.33. The number of carbonyl (C=O) groups excluding carboxylic acids is 2. The van der Waals surface area contributed by atoms with Crippen molar-refractivity contribution >= 4 is 11.8 Å². The van der Waals surface area contributed by atoms with E-state index in [1.165, 1.54) is 0 Å². The van der Waals surface area contributed by atoms with Crippen LogP contribution in [0.25, 0.3) is 0 Å². The molecule has 14 heavy (non-hydrogen) atoms. The molecule has 0 N–H and O–H groups in total. The van der Waals surface area contributed by atoms with Gasteiger partial charge in [0.05, 0.1) is 6.61 Å². The molecular formula is C11H16O3. The lowest BCUT2D eigenvalue weighted by molar-refractivity contribution is -0.154. The number of esters is 1. The van der Waals surface area contributed by atoms with E-state index in [4.69, 9.17) is 4.74 Å². The van der Waals surface area contributed by atoms with Crippen molar-refractivity contribution in [3.63, 3.8) is 0 Å². The normalized spacial score (nSPS) is 28.9. The summed E-state index contributed by atoms with van der Waals surface area (Å²) >= 11 is 0. The molecule has 2 fully saturated rings. The van der Waals surface area contributed by atoms with Crippen LogP contribution in [0, 0.1) is 11.3 Å². The zero-order chi connectivity index (χ0) is 10.2. The maximum atomic E-state index is 11.9. The van der Waals surface area contributed by atoms with Gasteiger partial charge in [0.25, 0.3) is 0 Å². The summed E-state index contributed by atoms with van der Waals surface area (Å²) in [6, 6.07) is 0. The molecule has 1 unspecified atom stereocenters. The summed E-state index contributed by atoms with van der Waals surface area (Å²) < 4.78 is 4.91. The minimum Gasteiger partial charge on any atom is -0.465 e. The third kappa shape index (κ3) is 1.45. The molecule has 0 amide bonds. The largest absolute Gasteiger partial charge is 0.465 e. The fourth-order valence-corrected chi connectivity index (χ4v) is 2.38. The summed E-state index contributed by atoms with van der Waals surface area (Å²) in [6.45, 7) is 2.15. The average Bonchev–Trinajstić information content (AvgIpc) is 2.92. The van der Waals surface area contributed by atoms with E-state index in [1.807, 2.05) is 0 Å². The highest BCUT2D eigenvalue weighted by atomic mass is 16.5. The average molecular weight is 196 g/mol. The monoisotopic (exact) mass is 196 g/mol. The SMILES string of the molecule is CCOC(=O)C1CCCC2(CC2)C1=O. The highest BCUT2D eigenvalue weighted by Crippen LogP contribution is 2.55. The Morgan fingerprint density at radius 1 is 1.50 bits per heavy atom. The van der Waals surface area contributed by atoms with Gasteiger partial charge >= 0.3 is 5.97 Å². The summed E-state index contributed by atoms with van der Waals surface area (Å²) in [5.41, 5.74) is -0.102. The van der Waals surface area contributed by atoms with Crippen molar-refractivity contribution in [1.29, 1.82) is 0 Å². The van der Waals surface area contributed by atoms with Crippen LogP contribution in [-0.4, -0.2) is 18.4 Å². The second-order valence-corrected chi connectivity index (χ2v) is 4.34. The van der Waals surface area contributed by atoms with E-state index >= 15 is 0 Å². The van der Waals surface area contributed by atoms with Gasteiger partial charge in [0.1, 0.15) is 5.92 Å². The molecule has 2 aliphatic rings. The Hall–Kier alpha value is -0.860. The number of hydrogen-bond donors (Lipinski definition) is 0. The zero-order valence-electron chi connectivity index (χ0n) is 8.54. The van der Waals surface area contributed by atoms with Gasteiger partial charge in [0.15, 0.2) is 5.78 Å². The van der Waals surface area contributed by atoms with E-state index in [-0.39, 0.29) is 17.2 Å². The lowest BCUT2D eigenvalue weighted by Gasteiger charge is -2.25. The van der Waals surface area contributed by atoms with E-state index in [0.717, 1.165) is 25.7 Å². The molecule has 1 atom stereocenters. The highest BCUT2D eigenvalue weighted by Gasteiger charge is 2.55. The third-order valence-electron chi connectivity index (χ3n) is 3.41. The van der Waals surface area contributed by atoms with Crippen molar-refractivity contribution in [3.05, 3.63) is 0 Å². The lowest BCUT2D eigenvalue weighted by atomic mass is 9.78. The van der Waals surface area contributed by atoms with Crippen LogP contribution in [0.5, 0.6) is 0 Å². The second kappa shape index (κ2) is 3.37. The molecule has 0 radical (unpaired) electrons. The number of carbonyl (C=O) groups is 2. The minimum atomic E-state index is -0.453. The molecule has 0 bridgehead atoms. The van der Waals surface area contributed by atoms with Gasteiger partial charge in [0.2, 0.25) is 0 Å². The molecule has 3 heteroatoms. The second-order valence-electron chi connectivity index (χ2n) is 4.34. The molecule has 3 nitrogen and oxygen atoms in total. The summed E-state index contributed by atoms with van der Waals surface area (Å²) in [7, 11) is 0. The van der Waals surface area contributed by atoms with Gasteiger partial charge in [-0.25, -0.2) is 0 Å². The number of hydrogen-bond acceptors (Lipinski definition) is 3. The van der Waals surface area contributed by atoms with Crippen LogP contribution in [0.15, 0.2) is 0 Å². The Morgan fingerprint density at radius 3 is 2.79 bits per heavy atom. The van der Waals surface area contributed by atoms with Gasteiger partial charge in [-0.05, 0) is 32.6 Å². The third-order valence-corrected chi connectivity index (χ3v) is 3.41. The number of rotatable bonds is 2. The van der Waals surface area contributed by atoms with Crippen molar-refractivity contribution in [2.45, 2.75) is 39.0 Å². The van der Waals surface area contributed by atoms with E-state index in [0.29, 0.717) is 13.0 Å². The summed E-state index contributed by atoms with van der Waals surface area (Å²) in [4.78, 5) is 23.4. The number of Topliss-reactive ketones (excluding diaryl/α,β-unsaturated/α-hetero) is 1. The Morgan fingerprint density at radius 2 is 2.21 bits per heavy atom. The van der Waals surface area contributed by atoms with Gasteiger partial charge in [-0.1, -0.05) is 6.42 Å². The summed E-state index contributed by atoms with van der Waals surface area (Å²) in [5, 5.41) is 0. The molecule has 0 aromatic rings. The first-order valence-corrected chi connectivity index (χ1v) is 5.40. The molecule has 0 saturated heterocycles. The molecule has 0 aromatic carbocycles. The number of ketones is 1. The molecule has 2 saturated carbocycles. The predicted molar refractivity (Wildman–Crippen MR) is 50.6 cm³/mol. The highest BCUT2D eigenvalue weighted by molar-refractivity contribution is 6.03. The maximum absolute atomic E-state index is 11.9. The van der Waals surface area contributed by atoms with E-state index in [1.54, 1.807) is 6.92 Å². The van der Waals surface area contributed by atoms with E-state index < -0.39 is 5.92 Å². The summed E-state index contributed by atoms with van der Waals surface area (Å²) in [5.74, 6) is -0.600. The Bertz CT molecular complexity index is 266. The van der Waals surface area contributed by atoms with Crippen LogP contribution in [0.1, 0.15) is 39.0 Å². The maximum Gasteiger partial charge on any atom is 0.316 e. The van der Waals surface area contributed by atoms with Gasteiger partial charge in [-0.3, -0.25) is 9.59 Å². The van der Waals surface area contributed by atoms with Crippen LogP contribution < -0.4 is 0 Å². The number of ether oxygens (including phenoxy) is 1. The zero-order valence-corrected chi connectivity index (χ0v) is 8.54.